The van der Waals surface area contributed by atoms with Crippen molar-refractivity contribution in [3.05, 3.63) is 0 Å². The highest BCUT2D eigenvalue weighted by atomic mass is 19.4. The SMILES string of the molecule is CC1(C)CC(CC(C#N)NC=O)C(=O)N1.C[C@H](CC(=O)N1CC2C(C1)C2(C)C)OCC(F)(F)F.NC(=O)C(F)(F)F. The van der Waals surface area contributed by atoms with Crippen LogP contribution in [0.2, 0.25) is 0 Å². The van der Waals surface area contributed by atoms with Crippen molar-refractivity contribution in [3.8, 4) is 6.07 Å². The first-order chi connectivity index (χ1) is 18.5. The first-order valence-corrected chi connectivity index (χ1v) is 12.8. The lowest BCUT2D eigenvalue weighted by atomic mass is 9.92. The number of nitrogens with one attached hydrogen (secondary N) is 2. The molecule has 0 aromatic rings. The minimum Gasteiger partial charge on any atom is -0.369 e. The maximum atomic E-state index is 12.0. The van der Waals surface area contributed by atoms with Crippen LogP contribution in [0.1, 0.15) is 53.9 Å². The maximum Gasteiger partial charge on any atom is 0.470 e. The minimum absolute atomic E-state index is 0.0238. The quantitative estimate of drug-likeness (QED) is 0.287. The van der Waals surface area contributed by atoms with Gasteiger partial charge < -0.3 is 26.0 Å². The lowest BCUT2D eigenvalue weighted by Gasteiger charge is -2.24. The zero-order valence-corrected chi connectivity index (χ0v) is 23.5. The number of nitrogens with two attached hydrogens (primary N) is 1. The Bertz CT molecular complexity index is 981. The van der Waals surface area contributed by atoms with Gasteiger partial charge >= 0.3 is 18.3 Å². The number of nitriles is 1. The fraction of sp³-hybridized carbons (Fsp3) is 0.800. The number of hydrogen-bond donors (Lipinski definition) is 3. The van der Waals surface area contributed by atoms with Crippen LogP contribution in [0.15, 0.2) is 0 Å². The fourth-order valence-corrected chi connectivity index (χ4v) is 4.92. The zero-order chi connectivity index (χ0) is 32.0. The van der Waals surface area contributed by atoms with E-state index in [1.165, 1.54) is 6.92 Å². The highest BCUT2D eigenvalue weighted by molar-refractivity contribution is 5.82. The molecule has 0 spiro atoms. The molecule has 3 aliphatic rings. The molecular formula is C25H37F6N5O5. The van der Waals surface area contributed by atoms with Gasteiger partial charge in [0.25, 0.3) is 0 Å². The Kier molecular flexibility index (Phi) is 12.0. The van der Waals surface area contributed by atoms with Crippen molar-refractivity contribution in [1.29, 1.82) is 5.26 Å². The van der Waals surface area contributed by atoms with Crippen molar-refractivity contribution < 1.29 is 50.3 Å². The Balaban J connectivity index is 0.000000341. The van der Waals surface area contributed by atoms with Crippen molar-refractivity contribution in [2.75, 3.05) is 19.7 Å². The maximum absolute atomic E-state index is 12.0. The molecule has 4 amide bonds. The molecule has 0 aromatic carbocycles. The molecule has 4 unspecified atom stereocenters. The summed E-state index contributed by atoms with van der Waals surface area (Å²) in [6, 6.07) is 1.38. The molecule has 41 heavy (non-hydrogen) atoms. The smallest absolute Gasteiger partial charge is 0.369 e. The molecule has 16 heteroatoms. The summed E-state index contributed by atoms with van der Waals surface area (Å²) in [5, 5.41) is 14.0. The predicted octanol–water partition coefficient (Wildman–Crippen LogP) is 2.42. The molecule has 0 radical (unpaired) electrons. The van der Waals surface area contributed by atoms with Gasteiger partial charge in [-0.1, -0.05) is 13.8 Å². The Labute approximate surface area is 234 Å². The first-order valence-electron chi connectivity index (χ1n) is 12.8. The molecule has 2 heterocycles. The molecule has 1 saturated carbocycles. The number of likely N-dealkylation sites (tertiary alicyclic amines) is 1. The summed E-state index contributed by atoms with van der Waals surface area (Å²) in [5.74, 6) is -1.46. The molecule has 234 valence electrons. The van der Waals surface area contributed by atoms with Gasteiger partial charge in [-0.25, -0.2) is 0 Å². The third-order valence-electron chi connectivity index (χ3n) is 7.28. The van der Waals surface area contributed by atoms with Gasteiger partial charge in [0.05, 0.1) is 18.6 Å². The summed E-state index contributed by atoms with van der Waals surface area (Å²) in [6.07, 6.45) is -8.30. The minimum atomic E-state index is -4.86. The van der Waals surface area contributed by atoms with E-state index in [-0.39, 0.29) is 29.7 Å². The van der Waals surface area contributed by atoms with E-state index in [1.54, 1.807) is 4.90 Å². The number of rotatable bonds is 8. The summed E-state index contributed by atoms with van der Waals surface area (Å²) in [4.78, 5) is 44.5. The van der Waals surface area contributed by atoms with Crippen LogP contribution in [0.5, 0.6) is 0 Å². The van der Waals surface area contributed by atoms with Crippen LogP contribution >= 0.6 is 0 Å². The largest absolute Gasteiger partial charge is 0.470 e. The molecule has 4 N–H and O–H groups in total. The normalized spacial score (nSPS) is 25.1. The third kappa shape index (κ3) is 11.7. The molecule has 5 atom stereocenters. The van der Waals surface area contributed by atoms with Crippen LogP contribution in [0, 0.1) is 34.5 Å². The third-order valence-corrected chi connectivity index (χ3v) is 7.28. The van der Waals surface area contributed by atoms with E-state index < -0.39 is 37.0 Å². The van der Waals surface area contributed by atoms with Gasteiger partial charge in [0.15, 0.2) is 0 Å². The Hall–Kier alpha value is -3.09. The monoisotopic (exact) mass is 601 g/mol. The molecular weight excluding hydrogens is 564 g/mol. The Morgan fingerprint density at radius 2 is 1.71 bits per heavy atom. The second-order valence-corrected chi connectivity index (χ2v) is 11.6. The van der Waals surface area contributed by atoms with Gasteiger partial charge in [-0.15, -0.1) is 0 Å². The lowest BCUT2D eigenvalue weighted by Crippen LogP contribution is -2.35. The number of fused-ring (bicyclic) bond motifs is 1. The highest BCUT2D eigenvalue weighted by Crippen LogP contribution is 2.62. The van der Waals surface area contributed by atoms with Crippen molar-refractivity contribution in [2.45, 2.75) is 83.9 Å². The lowest BCUT2D eigenvalue weighted by molar-refractivity contribution is -0.185. The number of alkyl halides is 6. The molecule has 10 nitrogen and oxygen atoms in total. The van der Waals surface area contributed by atoms with E-state index >= 15 is 0 Å². The predicted molar refractivity (Wildman–Crippen MR) is 132 cm³/mol. The highest BCUT2D eigenvalue weighted by Gasteiger charge is 2.62. The Morgan fingerprint density at radius 3 is 2.07 bits per heavy atom. The zero-order valence-electron chi connectivity index (χ0n) is 23.5. The van der Waals surface area contributed by atoms with E-state index in [1.807, 2.05) is 19.9 Å². The molecule has 3 rings (SSSR count). The fourth-order valence-electron chi connectivity index (χ4n) is 4.92. The number of nitrogens with zero attached hydrogens (tertiary/aromatic N) is 2. The average Bonchev–Trinajstić information content (AvgIpc) is 3.13. The van der Waals surface area contributed by atoms with E-state index in [0.717, 1.165) is 13.1 Å². The van der Waals surface area contributed by atoms with Gasteiger partial charge in [0.2, 0.25) is 18.2 Å². The van der Waals surface area contributed by atoms with Crippen molar-refractivity contribution in [3.63, 3.8) is 0 Å². The first kappa shape index (κ1) is 35.9. The van der Waals surface area contributed by atoms with Crippen LogP contribution < -0.4 is 16.4 Å². The number of primary amides is 1. The average molecular weight is 602 g/mol. The number of amides is 4. The van der Waals surface area contributed by atoms with Gasteiger partial charge in [0, 0.05) is 24.5 Å². The standard InChI is InChI=1S/C13H20F3NO2.C10H15N3O2.C2H2F3NO/c1-8(19-7-13(14,15)16)4-11(18)17-5-9-10(6-17)12(9,2)3;1-10(2)4-7(9(15)13-10)3-8(5-11)12-6-14;3-2(4,5)1(6)7/h8-10H,4-7H2,1-3H3;6-8H,3-4H2,1-2H3,(H,12,14)(H,13,15);(H2,6,7)/t8-,9?,10?;;/m1../s1. The second kappa shape index (κ2) is 13.7. The van der Waals surface area contributed by atoms with Crippen LogP contribution in [-0.4, -0.2) is 78.8 Å². The van der Waals surface area contributed by atoms with Crippen LogP contribution in [0.4, 0.5) is 26.3 Å². The number of carbonyl (C=O) groups excluding carboxylic acids is 4. The van der Waals surface area contributed by atoms with Gasteiger partial charge in [-0.2, -0.15) is 31.6 Å². The van der Waals surface area contributed by atoms with Crippen LogP contribution in [0.25, 0.3) is 0 Å². The molecule has 3 fully saturated rings. The summed E-state index contributed by atoms with van der Waals surface area (Å²) in [7, 11) is 0. The number of ether oxygens (including phenoxy) is 1. The summed E-state index contributed by atoms with van der Waals surface area (Å²) in [5.41, 5.74) is 3.93. The number of piperidine rings is 1. The van der Waals surface area contributed by atoms with E-state index in [0.29, 0.717) is 36.5 Å². The number of hydrogen-bond acceptors (Lipinski definition) is 6. The molecule has 2 aliphatic heterocycles. The van der Waals surface area contributed by atoms with E-state index in [2.05, 4.69) is 35.0 Å². The molecule has 0 aromatic heterocycles. The van der Waals surface area contributed by atoms with Gasteiger partial charge in [-0.3, -0.25) is 19.2 Å². The molecule has 0 bridgehead atoms. The van der Waals surface area contributed by atoms with E-state index in [9.17, 15) is 40.7 Å². The van der Waals surface area contributed by atoms with Crippen molar-refractivity contribution in [2.24, 2.45) is 28.9 Å². The summed E-state index contributed by atoms with van der Waals surface area (Å²) >= 11 is 0. The van der Waals surface area contributed by atoms with Crippen molar-refractivity contribution in [1.82, 2.24) is 15.5 Å². The van der Waals surface area contributed by atoms with E-state index in [4.69, 9.17) is 10.1 Å². The van der Waals surface area contributed by atoms with Gasteiger partial charge in [-0.05, 0) is 50.9 Å². The molecule has 2 saturated heterocycles. The molecule has 1 aliphatic carbocycles. The van der Waals surface area contributed by atoms with Crippen LogP contribution in [0.3, 0.4) is 0 Å². The number of halogens is 6. The summed E-state index contributed by atoms with van der Waals surface area (Å²) in [6.45, 7) is 9.96. The Morgan fingerprint density at radius 1 is 1.20 bits per heavy atom. The van der Waals surface area contributed by atoms with Crippen LogP contribution in [-0.2, 0) is 23.9 Å². The van der Waals surface area contributed by atoms with Crippen molar-refractivity contribution >= 4 is 24.1 Å². The number of carbonyl (C=O) groups is 4. The topological polar surface area (TPSA) is 155 Å². The summed E-state index contributed by atoms with van der Waals surface area (Å²) < 4.78 is 72.7. The second-order valence-electron chi connectivity index (χ2n) is 11.6. The van der Waals surface area contributed by atoms with Gasteiger partial charge in [0.1, 0.15) is 12.6 Å².